The number of likely N-dealkylation sites (tertiary alicyclic amines) is 2. The third-order valence-electron chi connectivity index (χ3n) is 5.27. The van der Waals surface area contributed by atoms with Gasteiger partial charge < -0.3 is 20.3 Å². The lowest BCUT2D eigenvalue weighted by Crippen LogP contribution is -2.55. The van der Waals surface area contributed by atoms with Gasteiger partial charge in [-0.3, -0.25) is 9.59 Å². The van der Waals surface area contributed by atoms with Gasteiger partial charge in [-0.25, -0.2) is 4.98 Å². The summed E-state index contributed by atoms with van der Waals surface area (Å²) in [5.41, 5.74) is 6.44. The summed E-state index contributed by atoms with van der Waals surface area (Å²) >= 11 is 1.26. The van der Waals surface area contributed by atoms with Gasteiger partial charge in [-0.05, 0) is 26.2 Å². The van der Waals surface area contributed by atoms with Crippen molar-refractivity contribution in [1.82, 2.24) is 14.8 Å². The van der Waals surface area contributed by atoms with Crippen LogP contribution in [0.5, 0.6) is 0 Å². The Morgan fingerprint density at radius 1 is 1.40 bits per heavy atom. The number of amides is 2. The molecule has 1 aromatic rings. The fourth-order valence-electron chi connectivity index (χ4n) is 3.98. The molecule has 138 valence electrons. The van der Waals surface area contributed by atoms with Crippen LogP contribution in [0.3, 0.4) is 0 Å². The Morgan fingerprint density at radius 3 is 2.88 bits per heavy atom. The number of hydrogen-bond acceptors (Lipinski definition) is 6. The van der Waals surface area contributed by atoms with Gasteiger partial charge in [-0.15, -0.1) is 0 Å². The molecule has 1 aromatic heterocycles. The van der Waals surface area contributed by atoms with Gasteiger partial charge in [0, 0.05) is 45.1 Å². The number of piperidine rings is 2. The number of anilines is 1. The predicted octanol–water partition coefficient (Wildman–Crippen LogP) is 1.52. The molecular weight excluding hydrogens is 340 g/mol. The van der Waals surface area contributed by atoms with Crippen molar-refractivity contribution >= 4 is 28.3 Å². The van der Waals surface area contributed by atoms with Gasteiger partial charge in [0.25, 0.3) is 5.91 Å². The fraction of sp³-hybridized carbons (Fsp3) is 0.706. The van der Waals surface area contributed by atoms with E-state index in [4.69, 9.17) is 10.5 Å². The van der Waals surface area contributed by atoms with Crippen molar-refractivity contribution in [3.05, 3.63) is 10.6 Å². The molecule has 0 aromatic carbocycles. The number of carbonyl (C=O) groups is 2. The van der Waals surface area contributed by atoms with Crippen LogP contribution in [0.1, 0.15) is 41.0 Å². The Labute approximate surface area is 152 Å². The van der Waals surface area contributed by atoms with Gasteiger partial charge in [0.2, 0.25) is 5.91 Å². The molecule has 2 saturated heterocycles. The lowest BCUT2D eigenvalue weighted by molar-refractivity contribution is -0.139. The molecule has 7 nitrogen and oxygen atoms in total. The highest BCUT2D eigenvalue weighted by atomic mass is 32.1. The molecule has 2 aliphatic rings. The third kappa shape index (κ3) is 3.79. The first kappa shape index (κ1) is 18.1. The summed E-state index contributed by atoms with van der Waals surface area (Å²) in [6.45, 7) is 5.15. The van der Waals surface area contributed by atoms with Crippen molar-refractivity contribution in [3.63, 3.8) is 0 Å². The van der Waals surface area contributed by atoms with Crippen LogP contribution in [0.15, 0.2) is 0 Å². The van der Waals surface area contributed by atoms with E-state index in [9.17, 15) is 9.59 Å². The molecule has 2 fully saturated rings. The highest BCUT2D eigenvalue weighted by Gasteiger charge is 2.43. The number of hydrogen-bond donors (Lipinski definition) is 1. The number of carbonyl (C=O) groups excluding carboxylic acids is 2. The van der Waals surface area contributed by atoms with Crippen molar-refractivity contribution < 1.29 is 14.3 Å². The van der Waals surface area contributed by atoms with Crippen LogP contribution in [0.25, 0.3) is 0 Å². The van der Waals surface area contributed by atoms with E-state index in [0.717, 1.165) is 25.8 Å². The van der Waals surface area contributed by atoms with Gasteiger partial charge in [-0.2, -0.15) is 0 Å². The first-order valence-electron chi connectivity index (χ1n) is 8.73. The minimum Gasteiger partial charge on any atom is -0.383 e. The van der Waals surface area contributed by atoms with E-state index in [2.05, 4.69) is 4.98 Å². The number of nitrogens with two attached hydrogens (primary N) is 1. The zero-order valence-electron chi connectivity index (χ0n) is 14.9. The zero-order valence-corrected chi connectivity index (χ0v) is 15.7. The van der Waals surface area contributed by atoms with Crippen molar-refractivity contribution in [3.8, 4) is 0 Å². The molecular formula is C17H26N4O3S. The van der Waals surface area contributed by atoms with E-state index in [-0.39, 0.29) is 17.2 Å². The molecule has 3 rings (SSSR count). The number of rotatable bonds is 4. The number of nitrogen functional groups attached to an aromatic ring is 1. The maximum Gasteiger partial charge on any atom is 0.265 e. The van der Waals surface area contributed by atoms with Crippen molar-refractivity contribution in [1.29, 1.82) is 0 Å². The van der Waals surface area contributed by atoms with Gasteiger partial charge in [-0.1, -0.05) is 11.3 Å². The van der Waals surface area contributed by atoms with Crippen molar-refractivity contribution in [2.24, 2.45) is 5.41 Å². The molecule has 0 bridgehead atoms. The number of thiazole rings is 1. The summed E-state index contributed by atoms with van der Waals surface area (Å²) in [7, 11) is 1.65. The molecule has 8 heteroatoms. The average molecular weight is 366 g/mol. The smallest absolute Gasteiger partial charge is 0.265 e. The summed E-state index contributed by atoms with van der Waals surface area (Å²) in [5.74, 6) is 0.211. The Kier molecular flexibility index (Phi) is 5.29. The summed E-state index contributed by atoms with van der Waals surface area (Å²) in [6, 6.07) is 0. The maximum atomic E-state index is 12.9. The number of aromatic nitrogens is 1. The first-order valence-corrected chi connectivity index (χ1v) is 9.55. The Balaban J connectivity index is 1.72. The second-order valence-corrected chi connectivity index (χ2v) is 8.14. The second-order valence-electron chi connectivity index (χ2n) is 7.10. The third-order valence-corrected chi connectivity index (χ3v) is 6.24. The number of methoxy groups -OCH3 is 1. The first-order chi connectivity index (χ1) is 11.9. The van der Waals surface area contributed by atoms with Gasteiger partial charge >= 0.3 is 0 Å². The molecule has 2 N–H and O–H groups in total. The summed E-state index contributed by atoms with van der Waals surface area (Å²) in [5, 5.41) is 0.432. The largest absolute Gasteiger partial charge is 0.383 e. The van der Waals surface area contributed by atoms with Crippen LogP contribution in [0.2, 0.25) is 0 Å². The van der Waals surface area contributed by atoms with Crippen LogP contribution < -0.4 is 5.73 Å². The van der Waals surface area contributed by atoms with Crippen LogP contribution >= 0.6 is 11.3 Å². The zero-order chi connectivity index (χ0) is 18.0. The van der Waals surface area contributed by atoms with Crippen molar-refractivity contribution in [2.45, 2.75) is 32.6 Å². The molecule has 0 aliphatic carbocycles. The highest BCUT2D eigenvalue weighted by molar-refractivity contribution is 7.17. The molecule has 25 heavy (non-hydrogen) atoms. The lowest BCUT2D eigenvalue weighted by atomic mass is 9.73. The van der Waals surface area contributed by atoms with Crippen LogP contribution in [0, 0.1) is 12.3 Å². The molecule has 2 amide bonds. The summed E-state index contributed by atoms with van der Waals surface area (Å²) in [6.07, 6.45) is 3.42. The highest BCUT2D eigenvalue weighted by Crippen LogP contribution is 2.39. The SMILES string of the molecule is COCCN1C[C@]2(CCCN(C(=O)c3sc(N)nc3C)C2)CCC1=O. The molecule has 0 radical (unpaired) electrons. The van der Waals surface area contributed by atoms with E-state index in [1.54, 1.807) is 7.11 Å². The molecule has 2 aliphatic heterocycles. The second kappa shape index (κ2) is 7.29. The summed E-state index contributed by atoms with van der Waals surface area (Å²) in [4.78, 5) is 33.7. The Hall–Kier alpha value is -1.67. The topological polar surface area (TPSA) is 88.8 Å². The fourth-order valence-corrected chi connectivity index (χ4v) is 4.78. The number of ether oxygens (including phenoxy) is 1. The number of nitrogens with zero attached hydrogens (tertiary/aromatic N) is 3. The van der Waals surface area contributed by atoms with E-state index in [1.165, 1.54) is 11.3 Å². The van der Waals surface area contributed by atoms with Gasteiger partial charge in [0.15, 0.2) is 5.13 Å². The number of aryl methyl sites for hydroxylation is 1. The standard InChI is InChI=1S/C17H26N4O3S/c1-12-14(25-16(18)19-12)15(23)21-7-3-5-17(11-21)6-4-13(22)20(10-17)8-9-24-2/h3-11H2,1-2H3,(H2,18,19)/t17-/m0/s1. The average Bonchev–Trinajstić information content (AvgIpc) is 2.94. The lowest BCUT2D eigenvalue weighted by Gasteiger charge is -2.48. The molecule has 0 unspecified atom stereocenters. The van der Waals surface area contributed by atoms with Crippen LogP contribution in [0.4, 0.5) is 5.13 Å². The molecule has 0 saturated carbocycles. The van der Waals surface area contributed by atoms with Crippen molar-refractivity contribution in [2.75, 3.05) is 45.6 Å². The van der Waals surface area contributed by atoms with E-state index in [1.807, 2.05) is 16.7 Å². The minimum absolute atomic E-state index is 0.000299. The Morgan fingerprint density at radius 2 is 2.20 bits per heavy atom. The van der Waals surface area contributed by atoms with Crippen LogP contribution in [-0.2, 0) is 9.53 Å². The summed E-state index contributed by atoms with van der Waals surface area (Å²) < 4.78 is 5.13. The van der Waals surface area contributed by atoms with Gasteiger partial charge in [0.05, 0.1) is 12.3 Å². The van der Waals surface area contributed by atoms with Gasteiger partial charge in [0.1, 0.15) is 4.88 Å². The van der Waals surface area contributed by atoms with E-state index >= 15 is 0 Å². The maximum absolute atomic E-state index is 12.9. The molecule has 1 spiro atoms. The monoisotopic (exact) mass is 366 g/mol. The van der Waals surface area contributed by atoms with E-state index < -0.39 is 0 Å². The minimum atomic E-state index is -0.000299. The molecule has 3 heterocycles. The predicted molar refractivity (Wildman–Crippen MR) is 96.5 cm³/mol. The van der Waals surface area contributed by atoms with Crippen LogP contribution in [-0.4, -0.2) is 66.5 Å². The quantitative estimate of drug-likeness (QED) is 0.873. The normalized spacial score (nSPS) is 24.2. The molecule has 1 atom stereocenters. The van der Waals surface area contributed by atoms with E-state index in [0.29, 0.717) is 48.4 Å². The Bertz CT molecular complexity index is 662.